The molecule has 1 aromatic carbocycles. The summed E-state index contributed by atoms with van der Waals surface area (Å²) in [6, 6.07) is 5.17. The number of fused-ring (bicyclic) bond motifs is 3. The maximum Gasteiger partial charge on any atom is 0.303 e. The molecule has 1 aromatic heterocycles. The summed E-state index contributed by atoms with van der Waals surface area (Å²) in [5.41, 5.74) is 3.71. The third-order valence-corrected chi connectivity index (χ3v) is 3.42. The molecule has 0 radical (unpaired) electrons. The van der Waals surface area contributed by atoms with E-state index in [1.54, 1.807) is 12.1 Å². The Bertz CT molecular complexity index is 645. The summed E-state index contributed by atoms with van der Waals surface area (Å²) in [6.45, 7) is 0. The summed E-state index contributed by atoms with van der Waals surface area (Å²) < 4.78 is 5.36. The average molecular weight is 259 g/mol. The lowest BCUT2D eigenvalue weighted by molar-refractivity contribution is -0.136. The second-order valence-electron chi connectivity index (χ2n) is 4.67. The van der Waals surface area contributed by atoms with Gasteiger partial charge in [-0.25, -0.2) is 0 Å². The first kappa shape index (κ1) is 11.8. The summed E-state index contributed by atoms with van der Waals surface area (Å²) in [5.74, 6) is 0.118. The number of aromatic hydroxyl groups is 1. The van der Waals surface area contributed by atoms with Crippen molar-refractivity contribution in [3.8, 4) is 17.1 Å². The van der Waals surface area contributed by atoms with Crippen molar-refractivity contribution in [2.45, 2.75) is 25.7 Å². The highest BCUT2D eigenvalue weighted by Gasteiger charge is 2.24. The molecular weight excluding hydrogens is 246 g/mol. The van der Waals surface area contributed by atoms with Crippen LogP contribution in [0.2, 0.25) is 0 Å². The number of benzene rings is 1. The van der Waals surface area contributed by atoms with Crippen molar-refractivity contribution in [2.75, 3.05) is 0 Å². The maximum atomic E-state index is 10.6. The van der Waals surface area contributed by atoms with Gasteiger partial charge in [-0.15, -0.1) is 0 Å². The van der Waals surface area contributed by atoms with Crippen molar-refractivity contribution >= 4 is 5.97 Å². The van der Waals surface area contributed by atoms with Crippen LogP contribution in [0.4, 0.5) is 0 Å². The molecule has 0 spiro atoms. The third-order valence-electron chi connectivity index (χ3n) is 3.42. The smallest absolute Gasteiger partial charge is 0.303 e. The van der Waals surface area contributed by atoms with E-state index in [-0.39, 0.29) is 12.2 Å². The maximum absolute atomic E-state index is 10.6. The quantitative estimate of drug-likeness (QED) is 0.882. The molecule has 1 heterocycles. The fraction of sp³-hybridized carbons (Fsp3) is 0.286. The molecule has 1 aliphatic carbocycles. The first-order valence-electron chi connectivity index (χ1n) is 6.16. The molecule has 0 atom stereocenters. The van der Waals surface area contributed by atoms with Gasteiger partial charge in [0.25, 0.3) is 0 Å². The Balaban J connectivity index is 1.97. The van der Waals surface area contributed by atoms with Crippen LogP contribution in [0.1, 0.15) is 23.2 Å². The third kappa shape index (κ3) is 2.07. The molecule has 0 bridgehead atoms. The Morgan fingerprint density at radius 3 is 3.00 bits per heavy atom. The van der Waals surface area contributed by atoms with Crippen molar-refractivity contribution < 1.29 is 19.5 Å². The van der Waals surface area contributed by atoms with Crippen LogP contribution in [-0.4, -0.2) is 21.3 Å². The fourth-order valence-corrected chi connectivity index (χ4v) is 2.50. The van der Waals surface area contributed by atoms with Crippen LogP contribution in [0.15, 0.2) is 22.7 Å². The highest BCUT2D eigenvalue weighted by molar-refractivity contribution is 5.70. The zero-order valence-electron chi connectivity index (χ0n) is 10.2. The van der Waals surface area contributed by atoms with Gasteiger partial charge in [0, 0.05) is 17.5 Å². The van der Waals surface area contributed by atoms with Crippen LogP contribution < -0.4 is 0 Å². The molecular formula is C14H13NO4. The molecule has 0 saturated carbocycles. The van der Waals surface area contributed by atoms with Gasteiger partial charge in [-0.05, 0) is 36.6 Å². The monoisotopic (exact) mass is 259 g/mol. The van der Waals surface area contributed by atoms with Gasteiger partial charge in [0.1, 0.15) is 5.75 Å². The number of phenols is 1. The SMILES string of the molecule is O=C(O)CCc1noc2c1CCc1cc(O)ccc1-2. The number of aliphatic carboxylic acids is 1. The standard InChI is InChI=1S/C14H13NO4/c16-9-2-4-10-8(7-9)1-3-11-12(5-6-13(17)18)15-19-14(10)11/h2,4,7,16H,1,3,5-6H2,(H,17,18). The van der Waals surface area contributed by atoms with E-state index in [0.29, 0.717) is 12.2 Å². The molecule has 5 nitrogen and oxygen atoms in total. The second kappa shape index (κ2) is 4.42. The number of hydrogen-bond acceptors (Lipinski definition) is 4. The number of carboxylic acids is 1. The molecule has 19 heavy (non-hydrogen) atoms. The topological polar surface area (TPSA) is 83.6 Å². The zero-order valence-corrected chi connectivity index (χ0v) is 10.2. The van der Waals surface area contributed by atoms with E-state index in [1.165, 1.54) is 0 Å². The van der Waals surface area contributed by atoms with E-state index in [1.807, 2.05) is 6.07 Å². The molecule has 3 rings (SSSR count). The number of phenolic OH excluding ortho intramolecular Hbond substituents is 1. The van der Waals surface area contributed by atoms with Crippen molar-refractivity contribution in [1.29, 1.82) is 0 Å². The minimum absolute atomic E-state index is 0.0570. The molecule has 0 aliphatic heterocycles. The van der Waals surface area contributed by atoms with Gasteiger partial charge in [0.2, 0.25) is 0 Å². The highest BCUT2D eigenvalue weighted by Crippen LogP contribution is 2.36. The van der Waals surface area contributed by atoms with Gasteiger partial charge in [-0.1, -0.05) is 5.16 Å². The number of rotatable bonds is 3. The predicted octanol–water partition coefficient (Wildman–Crippen LogP) is 2.16. The van der Waals surface area contributed by atoms with Crippen LogP contribution in [0, 0.1) is 0 Å². The van der Waals surface area contributed by atoms with Crippen molar-refractivity contribution in [3.63, 3.8) is 0 Å². The minimum atomic E-state index is -0.835. The Labute approximate surface area is 109 Å². The highest BCUT2D eigenvalue weighted by atomic mass is 16.5. The molecule has 2 aromatic rings. The Hall–Kier alpha value is -2.30. The molecule has 2 N–H and O–H groups in total. The number of nitrogens with zero attached hydrogens (tertiary/aromatic N) is 1. The van der Waals surface area contributed by atoms with Gasteiger partial charge >= 0.3 is 5.97 Å². The molecule has 0 fully saturated rings. The van der Waals surface area contributed by atoms with E-state index >= 15 is 0 Å². The predicted molar refractivity (Wildman–Crippen MR) is 67.0 cm³/mol. The van der Waals surface area contributed by atoms with Crippen molar-refractivity contribution in [2.24, 2.45) is 0 Å². The van der Waals surface area contributed by atoms with Gasteiger partial charge in [0.15, 0.2) is 5.76 Å². The number of hydrogen-bond donors (Lipinski definition) is 2. The van der Waals surface area contributed by atoms with Crippen LogP contribution >= 0.6 is 0 Å². The van der Waals surface area contributed by atoms with Crippen LogP contribution in [0.3, 0.4) is 0 Å². The van der Waals surface area contributed by atoms with Gasteiger partial charge in [-0.3, -0.25) is 4.79 Å². The summed E-state index contributed by atoms with van der Waals surface area (Å²) in [4.78, 5) is 10.6. The summed E-state index contributed by atoms with van der Waals surface area (Å²) >= 11 is 0. The molecule has 1 aliphatic rings. The lowest BCUT2D eigenvalue weighted by atomic mass is 9.89. The summed E-state index contributed by atoms with van der Waals surface area (Å²) in [6.07, 6.45) is 2.02. The average Bonchev–Trinajstić information content (AvgIpc) is 2.79. The molecule has 0 amide bonds. The van der Waals surface area contributed by atoms with Gasteiger partial charge < -0.3 is 14.7 Å². The molecule has 0 unspecified atom stereocenters. The first-order chi connectivity index (χ1) is 9.15. The molecule has 5 heteroatoms. The van der Waals surface area contributed by atoms with E-state index in [4.69, 9.17) is 9.63 Å². The largest absolute Gasteiger partial charge is 0.508 e. The molecule has 0 saturated heterocycles. The van der Waals surface area contributed by atoms with Crippen molar-refractivity contribution in [3.05, 3.63) is 35.0 Å². The van der Waals surface area contributed by atoms with Crippen LogP contribution in [0.25, 0.3) is 11.3 Å². The van der Waals surface area contributed by atoms with Crippen LogP contribution in [-0.2, 0) is 24.1 Å². The van der Waals surface area contributed by atoms with E-state index < -0.39 is 5.97 Å². The first-order valence-corrected chi connectivity index (χ1v) is 6.16. The van der Waals surface area contributed by atoms with E-state index in [0.717, 1.165) is 35.2 Å². The number of carbonyl (C=O) groups is 1. The van der Waals surface area contributed by atoms with Crippen LogP contribution in [0.5, 0.6) is 5.75 Å². The Morgan fingerprint density at radius 2 is 2.21 bits per heavy atom. The van der Waals surface area contributed by atoms with Crippen molar-refractivity contribution in [1.82, 2.24) is 5.16 Å². The lowest BCUT2D eigenvalue weighted by Gasteiger charge is -2.14. The number of aryl methyl sites for hydroxylation is 2. The fourth-order valence-electron chi connectivity index (χ4n) is 2.50. The normalized spacial score (nSPS) is 12.8. The van der Waals surface area contributed by atoms with Gasteiger partial charge in [0.05, 0.1) is 12.1 Å². The van der Waals surface area contributed by atoms with Gasteiger partial charge in [-0.2, -0.15) is 0 Å². The Kier molecular flexibility index (Phi) is 2.74. The van der Waals surface area contributed by atoms with E-state index in [9.17, 15) is 9.90 Å². The second-order valence-corrected chi connectivity index (χ2v) is 4.67. The zero-order chi connectivity index (χ0) is 13.4. The Morgan fingerprint density at radius 1 is 1.37 bits per heavy atom. The number of aromatic nitrogens is 1. The summed E-state index contributed by atoms with van der Waals surface area (Å²) in [7, 11) is 0. The number of carboxylic acid groups (broad SMARTS) is 1. The summed E-state index contributed by atoms with van der Waals surface area (Å²) in [5, 5.41) is 22.2. The minimum Gasteiger partial charge on any atom is -0.508 e. The molecule has 98 valence electrons. The lowest BCUT2D eigenvalue weighted by Crippen LogP contribution is -2.05. The van der Waals surface area contributed by atoms with E-state index in [2.05, 4.69) is 5.16 Å².